The molecule has 1 aromatic heterocycles. The van der Waals surface area contributed by atoms with Crippen molar-refractivity contribution < 1.29 is 9.53 Å². The summed E-state index contributed by atoms with van der Waals surface area (Å²) in [6.07, 6.45) is 0. The molecule has 0 unspecified atom stereocenters. The molecular formula is C20H28IN5O2S. The summed E-state index contributed by atoms with van der Waals surface area (Å²) in [7, 11) is 1.81. The SMILES string of the molecule is CN=C(NCc1cccc(OCC(N)=O)c1)N1CCN(Cc2cccs2)CC1.I. The lowest BCUT2D eigenvalue weighted by molar-refractivity contribution is -0.119. The van der Waals surface area contributed by atoms with Gasteiger partial charge >= 0.3 is 0 Å². The van der Waals surface area contributed by atoms with Gasteiger partial charge in [-0.2, -0.15) is 0 Å². The second-order valence-corrected chi connectivity index (χ2v) is 7.68. The van der Waals surface area contributed by atoms with Crippen LogP contribution in [-0.4, -0.2) is 61.5 Å². The smallest absolute Gasteiger partial charge is 0.255 e. The van der Waals surface area contributed by atoms with Crippen molar-refractivity contribution in [2.45, 2.75) is 13.1 Å². The number of aliphatic imine (C=N–C) groups is 1. The molecule has 1 fully saturated rings. The van der Waals surface area contributed by atoms with Crippen LogP contribution in [0.15, 0.2) is 46.8 Å². The molecule has 2 aromatic rings. The zero-order valence-electron chi connectivity index (χ0n) is 16.5. The van der Waals surface area contributed by atoms with Crippen LogP contribution < -0.4 is 15.8 Å². The fourth-order valence-corrected chi connectivity index (χ4v) is 3.90. The van der Waals surface area contributed by atoms with Crippen LogP contribution in [0.2, 0.25) is 0 Å². The van der Waals surface area contributed by atoms with Crippen LogP contribution >= 0.6 is 35.3 Å². The van der Waals surface area contributed by atoms with Crippen LogP contribution in [0, 0.1) is 0 Å². The minimum absolute atomic E-state index is 0. The van der Waals surface area contributed by atoms with Gasteiger partial charge in [0.15, 0.2) is 12.6 Å². The zero-order chi connectivity index (χ0) is 19.8. The van der Waals surface area contributed by atoms with E-state index in [1.165, 1.54) is 4.88 Å². The topological polar surface area (TPSA) is 83.2 Å². The number of halogens is 1. The van der Waals surface area contributed by atoms with Crippen LogP contribution in [0.25, 0.3) is 0 Å². The summed E-state index contributed by atoms with van der Waals surface area (Å²) in [6, 6.07) is 11.9. The van der Waals surface area contributed by atoms with Gasteiger partial charge in [-0.3, -0.25) is 14.7 Å². The highest BCUT2D eigenvalue weighted by atomic mass is 127. The molecule has 1 aromatic carbocycles. The first kappa shape index (κ1) is 23.4. The maximum absolute atomic E-state index is 10.9. The van der Waals surface area contributed by atoms with Crippen LogP contribution in [0.5, 0.6) is 5.75 Å². The Morgan fingerprint density at radius 2 is 2.03 bits per heavy atom. The number of hydrogen-bond acceptors (Lipinski definition) is 5. The molecule has 7 nitrogen and oxygen atoms in total. The Kier molecular flexibility index (Phi) is 9.68. The number of primary amides is 1. The van der Waals surface area contributed by atoms with Crippen molar-refractivity contribution in [1.29, 1.82) is 0 Å². The summed E-state index contributed by atoms with van der Waals surface area (Å²) in [5, 5.41) is 5.55. The third-order valence-corrected chi connectivity index (χ3v) is 5.43. The van der Waals surface area contributed by atoms with Gasteiger partial charge in [-0.1, -0.05) is 18.2 Å². The molecule has 158 valence electrons. The standard InChI is InChI=1S/C20H27N5O2S.HI/c1-22-20(23-13-16-4-2-5-17(12-16)27-15-19(21)26)25-9-7-24(8-10-25)14-18-6-3-11-28-18;/h2-6,11-12H,7-10,13-15H2,1H3,(H2,21,26)(H,22,23);1H. The van der Waals surface area contributed by atoms with Crippen molar-refractivity contribution in [3.63, 3.8) is 0 Å². The summed E-state index contributed by atoms with van der Waals surface area (Å²) >= 11 is 1.81. The number of rotatable bonds is 7. The fraction of sp³-hybridized carbons (Fsp3) is 0.400. The van der Waals surface area contributed by atoms with E-state index >= 15 is 0 Å². The summed E-state index contributed by atoms with van der Waals surface area (Å²) in [6.45, 7) is 5.49. The molecule has 0 aliphatic carbocycles. The van der Waals surface area contributed by atoms with Gasteiger partial charge in [-0.25, -0.2) is 0 Å². The second-order valence-electron chi connectivity index (χ2n) is 6.65. The normalized spacial score (nSPS) is 14.9. The lowest BCUT2D eigenvalue weighted by Gasteiger charge is -2.36. The van der Waals surface area contributed by atoms with Crippen molar-refractivity contribution in [3.05, 3.63) is 52.2 Å². The number of carbonyl (C=O) groups excluding carboxylic acids is 1. The molecule has 1 aliphatic heterocycles. The Labute approximate surface area is 192 Å². The van der Waals surface area contributed by atoms with E-state index in [0.717, 1.165) is 44.2 Å². The first-order chi connectivity index (χ1) is 13.6. The van der Waals surface area contributed by atoms with E-state index in [1.54, 1.807) is 0 Å². The number of nitrogens with one attached hydrogen (secondary N) is 1. The van der Waals surface area contributed by atoms with E-state index in [0.29, 0.717) is 12.3 Å². The van der Waals surface area contributed by atoms with E-state index in [-0.39, 0.29) is 30.6 Å². The number of ether oxygens (including phenoxy) is 1. The molecule has 0 bridgehead atoms. The Morgan fingerprint density at radius 1 is 1.24 bits per heavy atom. The average molecular weight is 529 g/mol. The van der Waals surface area contributed by atoms with Crippen molar-refractivity contribution in [2.24, 2.45) is 10.7 Å². The molecule has 2 heterocycles. The molecule has 3 N–H and O–H groups in total. The molecule has 0 saturated carbocycles. The molecule has 0 atom stereocenters. The lowest BCUT2D eigenvalue weighted by Crippen LogP contribution is -2.51. The molecular weight excluding hydrogens is 501 g/mol. The molecule has 1 saturated heterocycles. The second kappa shape index (κ2) is 12.0. The van der Waals surface area contributed by atoms with Crippen LogP contribution in [0.3, 0.4) is 0 Å². The third kappa shape index (κ3) is 7.48. The van der Waals surface area contributed by atoms with Crippen molar-refractivity contribution in [1.82, 2.24) is 15.1 Å². The van der Waals surface area contributed by atoms with Crippen LogP contribution in [0.4, 0.5) is 0 Å². The third-order valence-electron chi connectivity index (χ3n) is 4.57. The van der Waals surface area contributed by atoms with Crippen molar-refractivity contribution in [3.8, 4) is 5.75 Å². The number of guanidine groups is 1. The molecule has 1 amide bonds. The summed E-state index contributed by atoms with van der Waals surface area (Å²) in [5.74, 6) is 1.05. The van der Waals surface area contributed by atoms with Crippen LogP contribution in [0.1, 0.15) is 10.4 Å². The van der Waals surface area contributed by atoms with E-state index in [4.69, 9.17) is 10.5 Å². The molecule has 9 heteroatoms. The lowest BCUT2D eigenvalue weighted by atomic mass is 10.2. The van der Waals surface area contributed by atoms with E-state index in [2.05, 4.69) is 37.6 Å². The highest BCUT2D eigenvalue weighted by Gasteiger charge is 2.19. The minimum Gasteiger partial charge on any atom is -0.484 e. The predicted octanol–water partition coefficient (Wildman–Crippen LogP) is 2.12. The number of nitrogens with two attached hydrogens (primary N) is 1. The molecule has 0 radical (unpaired) electrons. The van der Waals surface area contributed by atoms with Crippen LogP contribution in [-0.2, 0) is 17.9 Å². The summed E-state index contributed by atoms with van der Waals surface area (Å²) in [4.78, 5) is 21.5. The van der Waals surface area contributed by atoms with E-state index in [1.807, 2.05) is 42.6 Å². The first-order valence-electron chi connectivity index (χ1n) is 9.34. The maximum atomic E-state index is 10.9. The quantitative estimate of drug-likeness (QED) is 0.326. The Morgan fingerprint density at radius 3 is 2.69 bits per heavy atom. The number of benzene rings is 1. The molecule has 29 heavy (non-hydrogen) atoms. The Hall–Kier alpha value is -1.85. The van der Waals surface area contributed by atoms with Gasteiger partial charge in [0.1, 0.15) is 5.75 Å². The highest BCUT2D eigenvalue weighted by molar-refractivity contribution is 14.0. The number of hydrogen-bond donors (Lipinski definition) is 2. The van der Waals surface area contributed by atoms with E-state index < -0.39 is 5.91 Å². The molecule has 1 aliphatic rings. The fourth-order valence-electron chi connectivity index (χ4n) is 3.15. The maximum Gasteiger partial charge on any atom is 0.255 e. The number of nitrogens with zero attached hydrogens (tertiary/aromatic N) is 3. The number of carbonyl (C=O) groups is 1. The molecule has 3 rings (SSSR count). The van der Waals surface area contributed by atoms with Gasteiger partial charge in [0, 0.05) is 51.2 Å². The minimum atomic E-state index is -0.484. The van der Waals surface area contributed by atoms with Gasteiger partial charge in [0.2, 0.25) is 0 Å². The highest BCUT2D eigenvalue weighted by Crippen LogP contribution is 2.15. The average Bonchev–Trinajstić information content (AvgIpc) is 3.21. The van der Waals surface area contributed by atoms with Gasteiger partial charge in [0.25, 0.3) is 5.91 Å². The largest absolute Gasteiger partial charge is 0.484 e. The van der Waals surface area contributed by atoms with Crippen molar-refractivity contribution in [2.75, 3.05) is 39.8 Å². The van der Waals surface area contributed by atoms with Gasteiger partial charge in [0.05, 0.1) is 0 Å². The monoisotopic (exact) mass is 529 g/mol. The van der Waals surface area contributed by atoms with Gasteiger partial charge < -0.3 is 20.7 Å². The van der Waals surface area contributed by atoms with Gasteiger partial charge in [-0.05, 0) is 29.1 Å². The first-order valence-corrected chi connectivity index (χ1v) is 10.2. The number of piperazine rings is 1. The Bertz CT molecular complexity index is 792. The zero-order valence-corrected chi connectivity index (χ0v) is 19.7. The summed E-state index contributed by atoms with van der Waals surface area (Å²) < 4.78 is 5.36. The van der Waals surface area contributed by atoms with Gasteiger partial charge in [-0.15, -0.1) is 35.3 Å². The Balaban J connectivity index is 0.00000300. The summed E-state index contributed by atoms with van der Waals surface area (Å²) in [5.41, 5.74) is 6.18. The van der Waals surface area contributed by atoms with Crippen molar-refractivity contribution >= 4 is 47.2 Å². The predicted molar refractivity (Wildman–Crippen MR) is 128 cm³/mol. The number of amides is 1. The number of thiophene rings is 1. The van der Waals surface area contributed by atoms with E-state index in [9.17, 15) is 4.79 Å². The molecule has 0 spiro atoms.